The summed E-state index contributed by atoms with van der Waals surface area (Å²) in [6, 6.07) is 5.83. The summed E-state index contributed by atoms with van der Waals surface area (Å²) in [5, 5.41) is 12.6. The third-order valence-electron chi connectivity index (χ3n) is 6.11. The molecule has 1 N–H and O–H groups in total. The number of aryl methyl sites for hydroxylation is 1. The number of phenols is 1. The average molecular weight is 354 g/mol. The van der Waals surface area contributed by atoms with Crippen molar-refractivity contribution in [3.8, 4) is 11.5 Å². The van der Waals surface area contributed by atoms with Crippen LogP contribution < -0.4 is 4.74 Å². The number of aromatic hydroxyl groups is 1. The molecule has 0 saturated heterocycles. The van der Waals surface area contributed by atoms with Crippen molar-refractivity contribution < 1.29 is 19.4 Å². The topological polar surface area (TPSA) is 55.8 Å². The number of carbonyl (C=O) groups is 1. The standard InChI is InChI=1S/C22H26O4/c1-4-5-9-25-22(24)26-21-17-12(2)7-6-8-15(17)20(23)19-16-11-14(18(19)21)10-13(16)3/h6-8,13-14,16,23H,4-5,9-11H2,1-3H3. The lowest BCUT2D eigenvalue weighted by molar-refractivity contribution is 0.0978. The summed E-state index contributed by atoms with van der Waals surface area (Å²) in [7, 11) is 0. The van der Waals surface area contributed by atoms with Crippen molar-refractivity contribution in [3.05, 3.63) is 34.9 Å². The number of carbonyl (C=O) groups excluding carboxylic acids is 1. The van der Waals surface area contributed by atoms with Crippen LogP contribution >= 0.6 is 0 Å². The minimum atomic E-state index is -0.647. The molecule has 138 valence electrons. The van der Waals surface area contributed by atoms with Gasteiger partial charge in [0, 0.05) is 21.9 Å². The highest BCUT2D eigenvalue weighted by Crippen LogP contribution is 2.63. The molecule has 4 heteroatoms. The van der Waals surface area contributed by atoms with Gasteiger partial charge in [-0.25, -0.2) is 4.79 Å². The first kappa shape index (κ1) is 17.2. The van der Waals surface area contributed by atoms with Gasteiger partial charge in [0.1, 0.15) is 11.5 Å². The first-order valence-electron chi connectivity index (χ1n) is 9.65. The second kappa shape index (κ2) is 6.49. The number of ether oxygens (including phenoxy) is 2. The van der Waals surface area contributed by atoms with Crippen LogP contribution in [0, 0.1) is 12.8 Å². The van der Waals surface area contributed by atoms with Crippen molar-refractivity contribution in [2.45, 2.75) is 58.3 Å². The Morgan fingerprint density at radius 1 is 1.27 bits per heavy atom. The van der Waals surface area contributed by atoms with Crippen LogP contribution in [0.15, 0.2) is 18.2 Å². The molecule has 2 aromatic carbocycles. The Morgan fingerprint density at radius 2 is 2.08 bits per heavy atom. The van der Waals surface area contributed by atoms with E-state index in [0.717, 1.165) is 53.1 Å². The minimum absolute atomic E-state index is 0.346. The van der Waals surface area contributed by atoms with Gasteiger partial charge >= 0.3 is 6.16 Å². The predicted molar refractivity (Wildman–Crippen MR) is 101 cm³/mol. The number of phenolic OH excluding ortho intramolecular Hbond substituents is 1. The lowest BCUT2D eigenvalue weighted by Gasteiger charge is -2.26. The molecule has 2 aliphatic carbocycles. The van der Waals surface area contributed by atoms with E-state index in [2.05, 4.69) is 13.8 Å². The molecular formula is C22H26O4. The van der Waals surface area contributed by atoms with Crippen LogP contribution in [0.2, 0.25) is 0 Å². The monoisotopic (exact) mass is 354 g/mol. The van der Waals surface area contributed by atoms with Gasteiger partial charge in [0.2, 0.25) is 0 Å². The Bertz CT molecular complexity index is 870. The molecule has 2 aliphatic rings. The smallest absolute Gasteiger partial charge is 0.507 e. The molecule has 4 rings (SSSR count). The largest absolute Gasteiger partial charge is 0.513 e. The fourth-order valence-corrected chi connectivity index (χ4v) is 4.88. The van der Waals surface area contributed by atoms with Crippen LogP contribution in [-0.2, 0) is 4.74 Å². The Labute approximate surface area is 154 Å². The SMILES string of the molecule is CCCCOC(=O)Oc1c2c(c(O)c3cccc(C)c13)C1CC2CC1C. The summed E-state index contributed by atoms with van der Waals surface area (Å²) >= 11 is 0. The molecule has 1 saturated carbocycles. The Hall–Kier alpha value is -2.23. The van der Waals surface area contributed by atoms with Gasteiger partial charge in [0.05, 0.1) is 6.61 Å². The number of hydrogen-bond acceptors (Lipinski definition) is 4. The van der Waals surface area contributed by atoms with Crippen molar-refractivity contribution in [1.29, 1.82) is 0 Å². The summed E-state index contributed by atoms with van der Waals surface area (Å²) in [5.41, 5.74) is 3.01. The van der Waals surface area contributed by atoms with Gasteiger partial charge in [-0.1, -0.05) is 38.5 Å². The normalized spacial score (nSPS) is 23.3. The molecule has 1 fully saturated rings. The maximum absolute atomic E-state index is 12.3. The van der Waals surface area contributed by atoms with Crippen LogP contribution in [0.4, 0.5) is 4.79 Å². The van der Waals surface area contributed by atoms with Gasteiger partial charge < -0.3 is 14.6 Å². The van der Waals surface area contributed by atoms with Crippen LogP contribution in [0.1, 0.15) is 68.1 Å². The summed E-state index contributed by atoms with van der Waals surface area (Å²) in [6.07, 6.45) is 3.25. The molecule has 2 aromatic rings. The number of unbranched alkanes of at least 4 members (excludes halogenated alkanes) is 1. The van der Waals surface area contributed by atoms with E-state index in [-0.39, 0.29) is 0 Å². The fourth-order valence-electron chi connectivity index (χ4n) is 4.88. The number of hydrogen-bond donors (Lipinski definition) is 1. The molecular weight excluding hydrogens is 328 g/mol. The number of benzene rings is 2. The van der Waals surface area contributed by atoms with E-state index in [1.165, 1.54) is 0 Å². The molecule has 0 amide bonds. The third-order valence-corrected chi connectivity index (χ3v) is 6.11. The number of fused-ring (bicyclic) bond motifs is 6. The molecule has 26 heavy (non-hydrogen) atoms. The van der Waals surface area contributed by atoms with Crippen molar-refractivity contribution in [3.63, 3.8) is 0 Å². The zero-order chi connectivity index (χ0) is 18.4. The van der Waals surface area contributed by atoms with Crippen molar-refractivity contribution in [2.75, 3.05) is 6.61 Å². The predicted octanol–water partition coefficient (Wildman–Crippen LogP) is 5.78. The maximum atomic E-state index is 12.3. The van der Waals surface area contributed by atoms with E-state index >= 15 is 0 Å². The van der Waals surface area contributed by atoms with Crippen molar-refractivity contribution >= 4 is 16.9 Å². The quantitative estimate of drug-likeness (QED) is 0.429. The van der Waals surface area contributed by atoms with E-state index in [0.29, 0.717) is 35.9 Å². The van der Waals surface area contributed by atoms with E-state index in [9.17, 15) is 9.90 Å². The number of rotatable bonds is 4. The zero-order valence-electron chi connectivity index (χ0n) is 15.7. The zero-order valence-corrected chi connectivity index (χ0v) is 15.7. The second-order valence-electron chi connectivity index (χ2n) is 7.81. The van der Waals surface area contributed by atoms with Gasteiger partial charge in [-0.05, 0) is 49.5 Å². The van der Waals surface area contributed by atoms with E-state index < -0.39 is 6.16 Å². The van der Waals surface area contributed by atoms with E-state index in [1.807, 2.05) is 25.1 Å². The van der Waals surface area contributed by atoms with E-state index in [4.69, 9.17) is 9.47 Å². The van der Waals surface area contributed by atoms with Crippen LogP contribution in [0.3, 0.4) is 0 Å². The molecule has 2 bridgehead atoms. The van der Waals surface area contributed by atoms with Crippen LogP contribution in [-0.4, -0.2) is 17.9 Å². The maximum Gasteiger partial charge on any atom is 0.513 e. The van der Waals surface area contributed by atoms with E-state index in [1.54, 1.807) is 0 Å². The summed E-state index contributed by atoms with van der Waals surface area (Å²) in [6.45, 7) is 6.65. The molecule has 0 spiro atoms. The molecule has 3 atom stereocenters. The second-order valence-corrected chi connectivity index (χ2v) is 7.81. The highest BCUT2D eigenvalue weighted by Gasteiger charge is 2.46. The summed E-state index contributed by atoms with van der Waals surface area (Å²) in [5.74, 6) is 2.21. The van der Waals surface area contributed by atoms with Gasteiger partial charge in [0.25, 0.3) is 0 Å². The van der Waals surface area contributed by atoms with Gasteiger partial charge in [-0.2, -0.15) is 0 Å². The fraction of sp³-hybridized carbons (Fsp3) is 0.500. The van der Waals surface area contributed by atoms with Crippen molar-refractivity contribution in [2.24, 2.45) is 5.92 Å². The summed E-state index contributed by atoms with van der Waals surface area (Å²) < 4.78 is 11.0. The van der Waals surface area contributed by atoms with Crippen LogP contribution in [0.25, 0.3) is 10.8 Å². The molecule has 0 aliphatic heterocycles. The Kier molecular flexibility index (Phi) is 4.29. The lowest BCUT2D eigenvalue weighted by atomic mass is 9.81. The lowest BCUT2D eigenvalue weighted by Crippen LogP contribution is -2.15. The molecule has 4 nitrogen and oxygen atoms in total. The Balaban J connectivity index is 1.85. The van der Waals surface area contributed by atoms with Gasteiger partial charge in [-0.3, -0.25) is 0 Å². The third kappa shape index (κ3) is 2.54. The van der Waals surface area contributed by atoms with Crippen molar-refractivity contribution in [1.82, 2.24) is 0 Å². The van der Waals surface area contributed by atoms with Gasteiger partial charge in [-0.15, -0.1) is 0 Å². The average Bonchev–Trinajstić information content (AvgIpc) is 3.16. The Morgan fingerprint density at radius 3 is 2.85 bits per heavy atom. The first-order chi connectivity index (χ1) is 12.5. The van der Waals surface area contributed by atoms with Gasteiger partial charge in [0.15, 0.2) is 0 Å². The summed E-state index contributed by atoms with van der Waals surface area (Å²) in [4.78, 5) is 12.3. The first-order valence-corrected chi connectivity index (χ1v) is 9.65. The molecule has 3 unspecified atom stereocenters. The molecule has 0 aromatic heterocycles. The molecule has 0 radical (unpaired) electrons. The minimum Gasteiger partial charge on any atom is -0.507 e. The highest BCUT2D eigenvalue weighted by molar-refractivity contribution is 6.00. The molecule has 0 heterocycles. The van der Waals surface area contributed by atoms with Crippen LogP contribution in [0.5, 0.6) is 11.5 Å². The highest BCUT2D eigenvalue weighted by atomic mass is 16.7.